The van der Waals surface area contributed by atoms with Crippen molar-refractivity contribution >= 4 is 40.0 Å². The molecule has 0 saturated heterocycles. The summed E-state index contributed by atoms with van der Waals surface area (Å²) in [4.78, 5) is 8.86. The highest BCUT2D eigenvalue weighted by Gasteiger charge is 2.11. The van der Waals surface area contributed by atoms with Crippen molar-refractivity contribution in [2.75, 3.05) is 5.32 Å². The Morgan fingerprint density at radius 2 is 2.13 bits per heavy atom. The molecule has 6 nitrogen and oxygen atoms in total. The summed E-state index contributed by atoms with van der Waals surface area (Å²) in [6.07, 6.45) is 0. The summed E-state index contributed by atoms with van der Waals surface area (Å²) in [7, 11) is 0. The molecule has 4 aromatic rings. The van der Waals surface area contributed by atoms with Crippen LogP contribution in [0.25, 0.3) is 16.8 Å². The van der Waals surface area contributed by atoms with Crippen LogP contribution in [0.4, 0.5) is 11.6 Å². The van der Waals surface area contributed by atoms with Gasteiger partial charge in [-0.3, -0.25) is 5.10 Å². The van der Waals surface area contributed by atoms with E-state index in [2.05, 4.69) is 26.5 Å². The Labute approximate surface area is 136 Å². The zero-order valence-corrected chi connectivity index (χ0v) is 12.9. The maximum absolute atomic E-state index is 8.95. The first kappa shape index (κ1) is 13.6. The highest BCUT2D eigenvalue weighted by molar-refractivity contribution is 6.31. The minimum atomic E-state index is 0.539. The highest BCUT2D eigenvalue weighted by Crippen LogP contribution is 2.25. The van der Waals surface area contributed by atoms with Crippen LogP contribution in [0.15, 0.2) is 36.4 Å². The average molecular weight is 323 g/mol. The van der Waals surface area contributed by atoms with Crippen LogP contribution in [-0.2, 0) is 0 Å². The maximum Gasteiger partial charge on any atom is 0.253 e. The number of imidazole rings is 1. The summed E-state index contributed by atoms with van der Waals surface area (Å²) in [5, 5.41) is 16.0. The van der Waals surface area contributed by atoms with E-state index < -0.39 is 0 Å². The first-order valence-corrected chi connectivity index (χ1v) is 7.34. The lowest BCUT2D eigenvalue weighted by Crippen LogP contribution is -1.96. The van der Waals surface area contributed by atoms with E-state index in [1.165, 1.54) is 0 Å². The van der Waals surface area contributed by atoms with E-state index in [9.17, 15) is 0 Å². The van der Waals surface area contributed by atoms with Crippen molar-refractivity contribution < 1.29 is 0 Å². The molecule has 7 heteroatoms. The number of benzene rings is 2. The van der Waals surface area contributed by atoms with Crippen LogP contribution >= 0.6 is 11.6 Å². The van der Waals surface area contributed by atoms with Crippen LogP contribution in [-0.4, -0.2) is 19.6 Å². The van der Waals surface area contributed by atoms with Crippen molar-refractivity contribution in [2.24, 2.45) is 0 Å². The van der Waals surface area contributed by atoms with Crippen LogP contribution in [0.5, 0.6) is 0 Å². The minimum Gasteiger partial charge on any atom is -0.324 e. The number of aromatic amines is 1. The Bertz CT molecular complexity index is 1090. The lowest BCUT2D eigenvalue weighted by Gasteiger charge is -2.07. The predicted octanol–water partition coefficient (Wildman–Crippen LogP) is 3.79. The van der Waals surface area contributed by atoms with Crippen LogP contribution in [0, 0.1) is 18.3 Å². The van der Waals surface area contributed by atoms with Crippen molar-refractivity contribution in [3.05, 3.63) is 52.5 Å². The van der Waals surface area contributed by atoms with Crippen molar-refractivity contribution in [2.45, 2.75) is 6.92 Å². The number of nitriles is 1. The molecule has 2 aromatic heterocycles. The van der Waals surface area contributed by atoms with Gasteiger partial charge in [0, 0.05) is 10.7 Å². The number of halogens is 1. The third-order valence-corrected chi connectivity index (χ3v) is 4.13. The van der Waals surface area contributed by atoms with Gasteiger partial charge in [0.05, 0.1) is 22.7 Å². The Kier molecular flexibility index (Phi) is 2.96. The molecule has 0 aliphatic rings. The van der Waals surface area contributed by atoms with E-state index in [0.29, 0.717) is 22.3 Å². The Hall–Kier alpha value is -3.04. The fourth-order valence-corrected chi connectivity index (χ4v) is 2.65. The second kappa shape index (κ2) is 5.00. The van der Waals surface area contributed by atoms with Gasteiger partial charge in [0.25, 0.3) is 5.78 Å². The van der Waals surface area contributed by atoms with Gasteiger partial charge in [0.1, 0.15) is 0 Å². The quantitative estimate of drug-likeness (QED) is 0.588. The molecule has 0 radical (unpaired) electrons. The first-order valence-electron chi connectivity index (χ1n) is 6.96. The molecule has 0 fully saturated rings. The fourth-order valence-electron chi connectivity index (χ4n) is 2.48. The van der Waals surface area contributed by atoms with E-state index in [4.69, 9.17) is 16.9 Å². The molecule has 0 aliphatic heterocycles. The van der Waals surface area contributed by atoms with Crippen molar-refractivity contribution in [3.8, 4) is 6.07 Å². The van der Waals surface area contributed by atoms with Gasteiger partial charge in [-0.15, -0.1) is 0 Å². The number of anilines is 2. The van der Waals surface area contributed by atoms with Crippen LogP contribution in [0.2, 0.25) is 5.02 Å². The molecule has 0 aliphatic carbocycles. The van der Waals surface area contributed by atoms with Gasteiger partial charge < -0.3 is 5.32 Å². The van der Waals surface area contributed by atoms with Gasteiger partial charge in [0.2, 0.25) is 5.95 Å². The molecule has 0 amide bonds. The highest BCUT2D eigenvalue weighted by atomic mass is 35.5. The number of nitrogens with zero attached hydrogens (tertiary/aromatic N) is 4. The molecule has 0 unspecified atom stereocenters. The number of nitrogens with one attached hydrogen (secondary N) is 2. The molecule has 0 atom stereocenters. The standard InChI is InChI=1S/C16H11ClN6/c1-9-11(17)3-2-4-12(9)19-15-21-16-20-13-7-10(8-18)5-6-14(13)23(16)22-15/h2-7H,1H3,(H2,19,20,21,22). The number of aromatic nitrogens is 4. The first-order chi connectivity index (χ1) is 11.2. The fraction of sp³-hybridized carbons (Fsp3) is 0.0625. The summed E-state index contributed by atoms with van der Waals surface area (Å²) in [5.74, 6) is 1.11. The molecular weight excluding hydrogens is 312 g/mol. The maximum atomic E-state index is 8.95. The summed E-state index contributed by atoms with van der Waals surface area (Å²) >= 11 is 6.13. The number of fused-ring (bicyclic) bond motifs is 3. The summed E-state index contributed by atoms with van der Waals surface area (Å²) in [6.45, 7) is 1.94. The summed E-state index contributed by atoms with van der Waals surface area (Å²) < 4.78 is 1.78. The Balaban J connectivity index is 1.78. The third-order valence-electron chi connectivity index (χ3n) is 3.72. The van der Waals surface area contributed by atoms with Crippen molar-refractivity contribution in [1.29, 1.82) is 5.26 Å². The molecule has 2 heterocycles. The zero-order chi connectivity index (χ0) is 16.0. The third kappa shape index (κ3) is 2.18. The summed E-state index contributed by atoms with van der Waals surface area (Å²) in [6, 6.07) is 13.1. The molecule has 2 N–H and O–H groups in total. The van der Waals surface area contributed by atoms with Crippen LogP contribution in [0.1, 0.15) is 11.1 Å². The van der Waals surface area contributed by atoms with Gasteiger partial charge in [-0.05, 0) is 42.8 Å². The number of hydrogen-bond acceptors (Lipinski definition) is 4. The molecule has 23 heavy (non-hydrogen) atoms. The molecule has 0 saturated carbocycles. The van der Waals surface area contributed by atoms with Gasteiger partial charge in [-0.25, -0.2) is 9.50 Å². The normalized spacial score (nSPS) is 11.0. The molecular formula is C16H11ClN6. The molecule has 0 spiro atoms. The Morgan fingerprint density at radius 3 is 2.96 bits per heavy atom. The van der Waals surface area contributed by atoms with Gasteiger partial charge in [-0.2, -0.15) is 10.2 Å². The predicted molar refractivity (Wildman–Crippen MR) is 89.0 cm³/mol. The van der Waals surface area contributed by atoms with Gasteiger partial charge >= 0.3 is 0 Å². The smallest absolute Gasteiger partial charge is 0.253 e. The van der Waals surface area contributed by atoms with E-state index in [0.717, 1.165) is 22.3 Å². The van der Waals surface area contributed by atoms with Crippen LogP contribution < -0.4 is 5.32 Å². The average Bonchev–Trinajstić information content (AvgIpc) is 3.08. The van der Waals surface area contributed by atoms with Crippen molar-refractivity contribution in [3.63, 3.8) is 0 Å². The number of H-pyrrole nitrogens is 1. The largest absolute Gasteiger partial charge is 0.324 e. The molecule has 2 aromatic carbocycles. The van der Waals surface area contributed by atoms with E-state index >= 15 is 0 Å². The van der Waals surface area contributed by atoms with Crippen LogP contribution in [0.3, 0.4) is 0 Å². The second-order valence-electron chi connectivity index (χ2n) is 5.17. The molecule has 4 rings (SSSR count). The van der Waals surface area contributed by atoms with Gasteiger partial charge in [0.15, 0.2) is 0 Å². The minimum absolute atomic E-state index is 0.539. The number of hydrogen-bond donors (Lipinski definition) is 2. The second-order valence-corrected chi connectivity index (χ2v) is 5.58. The van der Waals surface area contributed by atoms with Crippen molar-refractivity contribution in [1.82, 2.24) is 19.6 Å². The SMILES string of the molecule is Cc1c(Cl)cccc1Nc1nc2nc3cc(C#N)ccc3n2[nH]1. The van der Waals surface area contributed by atoms with Gasteiger partial charge in [-0.1, -0.05) is 17.7 Å². The molecule has 112 valence electrons. The Morgan fingerprint density at radius 1 is 1.26 bits per heavy atom. The topological polar surface area (TPSA) is 81.8 Å². The monoisotopic (exact) mass is 322 g/mol. The zero-order valence-electron chi connectivity index (χ0n) is 12.1. The van der Waals surface area contributed by atoms with E-state index in [-0.39, 0.29) is 0 Å². The number of rotatable bonds is 2. The van der Waals surface area contributed by atoms with E-state index in [1.54, 1.807) is 16.6 Å². The lowest BCUT2D eigenvalue weighted by atomic mass is 10.2. The van der Waals surface area contributed by atoms with E-state index in [1.807, 2.05) is 31.2 Å². The summed E-state index contributed by atoms with van der Waals surface area (Å²) in [5.41, 5.74) is 4.00. The molecule has 0 bridgehead atoms. The lowest BCUT2D eigenvalue weighted by molar-refractivity contribution is 1.01.